The minimum absolute atomic E-state index is 0.0975. The minimum Gasteiger partial charge on any atom is -0.481 e. The fourth-order valence-electron chi connectivity index (χ4n) is 2.73. The monoisotopic (exact) mass is 345 g/mol. The summed E-state index contributed by atoms with van der Waals surface area (Å²) in [5.41, 5.74) is 4.76. The summed E-state index contributed by atoms with van der Waals surface area (Å²) in [6.45, 7) is 6.92. The molecule has 0 fully saturated rings. The van der Waals surface area contributed by atoms with Crippen molar-refractivity contribution in [1.29, 1.82) is 0 Å². The first-order valence-corrected chi connectivity index (χ1v) is 8.16. The first-order chi connectivity index (χ1) is 11.9. The number of nitrogens with one attached hydrogen (secondary N) is 1. The molecule has 0 unspecified atom stereocenters. The van der Waals surface area contributed by atoms with E-state index in [0.717, 1.165) is 22.3 Å². The third kappa shape index (κ3) is 5.29. The first kappa shape index (κ1) is 18.9. The lowest BCUT2D eigenvalue weighted by Gasteiger charge is -2.14. The number of hydrogen-bond acceptors (Lipinski definition) is 4. The van der Waals surface area contributed by atoms with Crippen LogP contribution in [0.15, 0.2) is 30.3 Å². The molecule has 0 aromatic heterocycles. The zero-order valence-electron chi connectivity index (χ0n) is 15.1. The number of carbonyl (C=O) groups is 1. The summed E-state index contributed by atoms with van der Waals surface area (Å²) in [5, 5.41) is 3.36. The molecule has 0 amide bonds. The van der Waals surface area contributed by atoms with Crippen LogP contribution in [-0.4, -0.2) is 19.7 Å². The van der Waals surface area contributed by atoms with E-state index in [2.05, 4.69) is 10.1 Å². The normalized spacial score (nSPS) is 10.6. The van der Waals surface area contributed by atoms with Gasteiger partial charge in [-0.05, 0) is 54.7 Å². The molecule has 0 aliphatic rings. The molecule has 25 heavy (non-hydrogen) atoms. The summed E-state index contributed by atoms with van der Waals surface area (Å²) in [6.07, 6.45) is 0. The number of benzene rings is 2. The molecule has 4 nitrogen and oxygen atoms in total. The average Bonchev–Trinajstić information content (AvgIpc) is 2.57. The lowest BCUT2D eigenvalue weighted by atomic mass is 10.1. The third-order valence-electron chi connectivity index (χ3n) is 3.96. The van der Waals surface area contributed by atoms with Gasteiger partial charge in [0.15, 0.2) is 6.61 Å². The van der Waals surface area contributed by atoms with Gasteiger partial charge in [-0.1, -0.05) is 24.3 Å². The zero-order valence-corrected chi connectivity index (χ0v) is 15.1. The van der Waals surface area contributed by atoms with Crippen molar-refractivity contribution in [3.63, 3.8) is 0 Å². The molecule has 2 aromatic carbocycles. The standard InChI is InChI=1S/C20H24FNO3/c1-13-7-16(5-6-18(13)21)10-22-11-17-8-14(2)20(15(3)9-17)25-12-19(23)24-4/h5-9,22H,10-12H2,1-4H3. The van der Waals surface area contributed by atoms with Gasteiger partial charge in [0.1, 0.15) is 11.6 Å². The Bertz CT molecular complexity index is 736. The van der Waals surface area contributed by atoms with Gasteiger partial charge < -0.3 is 14.8 Å². The van der Waals surface area contributed by atoms with E-state index in [0.29, 0.717) is 24.4 Å². The van der Waals surface area contributed by atoms with E-state index < -0.39 is 5.97 Å². The second-order valence-electron chi connectivity index (χ2n) is 6.11. The molecular formula is C20H24FNO3. The number of rotatable bonds is 7. The molecule has 134 valence electrons. The van der Waals surface area contributed by atoms with E-state index in [1.165, 1.54) is 13.2 Å². The number of ether oxygens (including phenoxy) is 2. The van der Waals surface area contributed by atoms with Crippen molar-refractivity contribution in [2.24, 2.45) is 0 Å². The van der Waals surface area contributed by atoms with Crippen molar-refractivity contribution in [2.75, 3.05) is 13.7 Å². The van der Waals surface area contributed by atoms with Gasteiger partial charge in [-0.3, -0.25) is 0 Å². The number of methoxy groups -OCH3 is 1. The van der Waals surface area contributed by atoms with Gasteiger partial charge in [0, 0.05) is 13.1 Å². The smallest absolute Gasteiger partial charge is 0.343 e. The molecule has 0 aliphatic heterocycles. The van der Waals surface area contributed by atoms with E-state index in [4.69, 9.17) is 4.74 Å². The van der Waals surface area contributed by atoms with Crippen LogP contribution in [0.5, 0.6) is 5.75 Å². The van der Waals surface area contributed by atoms with Gasteiger partial charge in [-0.2, -0.15) is 0 Å². The van der Waals surface area contributed by atoms with Crippen LogP contribution >= 0.6 is 0 Å². The summed E-state index contributed by atoms with van der Waals surface area (Å²) in [4.78, 5) is 11.2. The number of halogens is 1. The fraction of sp³-hybridized carbons (Fsp3) is 0.350. The Kier molecular flexibility index (Phi) is 6.53. The Labute approximate surface area is 148 Å². The summed E-state index contributed by atoms with van der Waals surface area (Å²) in [5.74, 6) is 0.125. The average molecular weight is 345 g/mol. The highest BCUT2D eigenvalue weighted by atomic mass is 19.1. The molecule has 0 heterocycles. The minimum atomic E-state index is -0.404. The van der Waals surface area contributed by atoms with Crippen molar-refractivity contribution in [3.8, 4) is 5.75 Å². The second-order valence-corrected chi connectivity index (χ2v) is 6.11. The quantitative estimate of drug-likeness (QED) is 0.779. The van der Waals surface area contributed by atoms with Gasteiger partial charge in [-0.15, -0.1) is 0 Å². The highest BCUT2D eigenvalue weighted by Gasteiger charge is 2.09. The van der Waals surface area contributed by atoms with Crippen molar-refractivity contribution in [2.45, 2.75) is 33.9 Å². The van der Waals surface area contributed by atoms with E-state index in [1.807, 2.05) is 32.0 Å². The summed E-state index contributed by atoms with van der Waals surface area (Å²) in [7, 11) is 1.34. The Balaban J connectivity index is 1.96. The Morgan fingerprint density at radius 1 is 1.00 bits per heavy atom. The molecule has 0 radical (unpaired) electrons. The Morgan fingerprint density at radius 2 is 1.60 bits per heavy atom. The molecule has 0 aliphatic carbocycles. The van der Waals surface area contributed by atoms with Crippen molar-refractivity contribution in [1.82, 2.24) is 5.32 Å². The maximum absolute atomic E-state index is 13.3. The molecule has 0 saturated heterocycles. The summed E-state index contributed by atoms with van der Waals surface area (Å²) in [6, 6.07) is 9.19. The lowest BCUT2D eigenvalue weighted by molar-refractivity contribution is -0.142. The largest absolute Gasteiger partial charge is 0.481 e. The lowest BCUT2D eigenvalue weighted by Crippen LogP contribution is -2.15. The van der Waals surface area contributed by atoms with E-state index in [9.17, 15) is 9.18 Å². The highest BCUT2D eigenvalue weighted by Crippen LogP contribution is 2.25. The number of esters is 1. The molecule has 0 bridgehead atoms. The molecule has 0 spiro atoms. The molecule has 2 aromatic rings. The van der Waals surface area contributed by atoms with Crippen LogP contribution < -0.4 is 10.1 Å². The van der Waals surface area contributed by atoms with E-state index >= 15 is 0 Å². The van der Waals surface area contributed by atoms with Crippen molar-refractivity contribution in [3.05, 3.63) is 64.0 Å². The fourth-order valence-corrected chi connectivity index (χ4v) is 2.73. The van der Waals surface area contributed by atoms with E-state index in [-0.39, 0.29) is 12.4 Å². The topological polar surface area (TPSA) is 47.6 Å². The molecule has 5 heteroatoms. The second kappa shape index (κ2) is 8.62. The predicted octanol–water partition coefficient (Wildman–Crippen LogP) is 3.59. The number of carbonyl (C=O) groups excluding carboxylic acids is 1. The SMILES string of the molecule is COC(=O)COc1c(C)cc(CNCc2ccc(F)c(C)c2)cc1C. The van der Waals surface area contributed by atoms with Crippen LogP contribution in [0.3, 0.4) is 0 Å². The summed E-state index contributed by atoms with van der Waals surface area (Å²) >= 11 is 0. The van der Waals surface area contributed by atoms with Gasteiger partial charge in [-0.25, -0.2) is 9.18 Å². The van der Waals surface area contributed by atoms with Gasteiger partial charge >= 0.3 is 5.97 Å². The number of aryl methyl sites for hydroxylation is 3. The van der Waals surface area contributed by atoms with E-state index in [1.54, 1.807) is 13.0 Å². The first-order valence-electron chi connectivity index (χ1n) is 8.16. The number of hydrogen-bond donors (Lipinski definition) is 1. The van der Waals surface area contributed by atoms with Gasteiger partial charge in [0.05, 0.1) is 7.11 Å². The Hall–Kier alpha value is -2.40. The Morgan fingerprint density at radius 3 is 2.20 bits per heavy atom. The van der Waals surface area contributed by atoms with Crippen LogP contribution in [0, 0.1) is 26.6 Å². The highest BCUT2D eigenvalue weighted by molar-refractivity contribution is 5.71. The molecule has 0 saturated carbocycles. The van der Waals surface area contributed by atoms with Crippen LogP contribution in [0.25, 0.3) is 0 Å². The third-order valence-corrected chi connectivity index (χ3v) is 3.96. The van der Waals surface area contributed by atoms with Crippen molar-refractivity contribution < 1.29 is 18.7 Å². The maximum atomic E-state index is 13.3. The maximum Gasteiger partial charge on any atom is 0.343 e. The van der Waals surface area contributed by atoms with Crippen molar-refractivity contribution >= 4 is 5.97 Å². The molecular weight excluding hydrogens is 321 g/mol. The van der Waals surface area contributed by atoms with Gasteiger partial charge in [0.25, 0.3) is 0 Å². The molecule has 2 rings (SSSR count). The van der Waals surface area contributed by atoms with Crippen LogP contribution in [0.2, 0.25) is 0 Å². The van der Waals surface area contributed by atoms with Crippen LogP contribution in [0.4, 0.5) is 4.39 Å². The van der Waals surface area contributed by atoms with Gasteiger partial charge in [0.2, 0.25) is 0 Å². The predicted molar refractivity (Wildman–Crippen MR) is 95.1 cm³/mol. The van der Waals surface area contributed by atoms with Crippen LogP contribution in [-0.2, 0) is 22.6 Å². The summed E-state index contributed by atoms with van der Waals surface area (Å²) < 4.78 is 23.4. The zero-order chi connectivity index (χ0) is 18.4. The van der Waals surface area contributed by atoms with Crippen LogP contribution in [0.1, 0.15) is 27.8 Å². The molecule has 1 N–H and O–H groups in total. The molecule has 0 atom stereocenters.